The predicted molar refractivity (Wildman–Crippen MR) is 83.5 cm³/mol. The first-order chi connectivity index (χ1) is 11.3. The van der Waals surface area contributed by atoms with E-state index in [1.807, 2.05) is 0 Å². The highest BCUT2D eigenvalue weighted by Crippen LogP contribution is 2.40. The number of furan rings is 1. The summed E-state index contributed by atoms with van der Waals surface area (Å²) in [5, 5.41) is 0.353. The van der Waals surface area contributed by atoms with E-state index >= 15 is 0 Å². The number of pyridine rings is 1. The highest BCUT2D eigenvalue weighted by atomic mass is 35.5. The van der Waals surface area contributed by atoms with Gasteiger partial charge in [-0.25, -0.2) is 4.98 Å². The monoisotopic (exact) mass is 373 g/mol. The number of benzene rings is 1. The number of rotatable bonds is 3. The molecule has 3 aromatic rings. The summed E-state index contributed by atoms with van der Waals surface area (Å²) in [4.78, 5) is 3.62. The smallest absolute Gasteiger partial charge is 0.417 e. The molecule has 2 heterocycles. The molecule has 0 aliphatic carbocycles. The second-order valence-corrected chi connectivity index (χ2v) is 5.55. The average molecular weight is 374 g/mol. The molecule has 0 saturated carbocycles. The van der Waals surface area contributed by atoms with Crippen molar-refractivity contribution in [2.45, 2.75) is 6.18 Å². The van der Waals surface area contributed by atoms with Crippen molar-refractivity contribution < 1.29 is 22.3 Å². The van der Waals surface area contributed by atoms with Crippen LogP contribution in [0.2, 0.25) is 10.0 Å². The molecule has 0 spiro atoms. The van der Waals surface area contributed by atoms with Gasteiger partial charge in [0, 0.05) is 17.8 Å². The molecule has 2 aromatic heterocycles. The Balaban J connectivity index is 1.88. The molecular weight excluding hydrogens is 366 g/mol. The standard InChI is InChI=1S/C16H8Cl2F3NO2/c17-11-6-9(13-2-1-5-23-13)7-12(18)15(11)24-14-4-3-10(8-22-14)16(19,20)21/h1-8H. The minimum atomic E-state index is -4.47. The Labute approximate surface area is 144 Å². The van der Waals surface area contributed by atoms with Crippen LogP contribution >= 0.6 is 23.2 Å². The van der Waals surface area contributed by atoms with Gasteiger partial charge in [0.2, 0.25) is 5.88 Å². The van der Waals surface area contributed by atoms with Crippen molar-refractivity contribution in [3.63, 3.8) is 0 Å². The van der Waals surface area contributed by atoms with E-state index in [9.17, 15) is 13.2 Å². The first-order valence-corrected chi connectivity index (χ1v) is 7.34. The summed E-state index contributed by atoms with van der Waals surface area (Å²) in [6.07, 6.45) is -2.28. The molecule has 124 valence electrons. The van der Waals surface area contributed by atoms with Gasteiger partial charge in [0.25, 0.3) is 0 Å². The van der Waals surface area contributed by atoms with Crippen LogP contribution in [0.3, 0.4) is 0 Å². The molecule has 0 aliphatic rings. The van der Waals surface area contributed by atoms with Gasteiger partial charge in [0.1, 0.15) is 5.76 Å². The minimum Gasteiger partial charge on any atom is -0.464 e. The summed E-state index contributed by atoms with van der Waals surface area (Å²) in [5.41, 5.74) is -0.233. The topological polar surface area (TPSA) is 35.3 Å². The molecule has 0 atom stereocenters. The van der Waals surface area contributed by atoms with Crippen LogP contribution in [0.4, 0.5) is 13.2 Å². The third-order valence-corrected chi connectivity index (χ3v) is 3.64. The Morgan fingerprint density at radius 1 is 1.04 bits per heavy atom. The summed E-state index contributed by atoms with van der Waals surface area (Å²) in [7, 11) is 0. The van der Waals surface area contributed by atoms with Gasteiger partial charge in [-0.05, 0) is 30.3 Å². The maximum atomic E-state index is 12.5. The van der Waals surface area contributed by atoms with Gasteiger partial charge in [-0.1, -0.05) is 23.2 Å². The van der Waals surface area contributed by atoms with Crippen molar-refractivity contribution in [2.75, 3.05) is 0 Å². The lowest BCUT2D eigenvalue weighted by Gasteiger charge is -2.11. The molecular formula is C16H8Cl2F3NO2. The van der Waals surface area contributed by atoms with Crippen molar-refractivity contribution >= 4 is 23.2 Å². The largest absolute Gasteiger partial charge is 0.464 e. The second kappa shape index (κ2) is 6.37. The Morgan fingerprint density at radius 2 is 1.75 bits per heavy atom. The van der Waals surface area contributed by atoms with Gasteiger partial charge in [-0.3, -0.25) is 0 Å². The molecule has 24 heavy (non-hydrogen) atoms. The fourth-order valence-electron chi connectivity index (χ4n) is 1.96. The molecule has 0 fully saturated rings. The van der Waals surface area contributed by atoms with Crippen LogP contribution in [0.1, 0.15) is 5.56 Å². The summed E-state index contributed by atoms with van der Waals surface area (Å²) in [5.74, 6) is 0.608. The minimum absolute atomic E-state index is 0.0578. The zero-order valence-electron chi connectivity index (χ0n) is 11.8. The van der Waals surface area contributed by atoms with Crippen LogP contribution in [0, 0.1) is 0 Å². The molecule has 0 radical (unpaired) electrons. The summed E-state index contributed by atoms with van der Waals surface area (Å²) < 4.78 is 48.2. The maximum Gasteiger partial charge on any atom is 0.417 e. The van der Waals surface area contributed by atoms with Crippen molar-refractivity contribution in [3.05, 3.63) is 64.5 Å². The van der Waals surface area contributed by atoms with Crippen molar-refractivity contribution in [2.24, 2.45) is 0 Å². The molecule has 0 aliphatic heterocycles. The number of ether oxygens (including phenoxy) is 1. The SMILES string of the molecule is FC(F)(F)c1ccc(Oc2c(Cl)cc(-c3ccco3)cc2Cl)nc1. The molecule has 0 bridgehead atoms. The Kier molecular flexibility index (Phi) is 4.43. The van der Waals surface area contributed by atoms with E-state index in [1.54, 1.807) is 24.3 Å². The van der Waals surface area contributed by atoms with Crippen LogP contribution in [0.25, 0.3) is 11.3 Å². The van der Waals surface area contributed by atoms with Crippen LogP contribution in [0.15, 0.2) is 53.3 Å². The quantitative estimate of drug-likeness (QED) is 0.528. The number of aromatic nitrogens is 1. The number of alkyl halides is 3. The zero-order chi connectivity index (χ0) is 17.3. The van der Waals surface area contributed by atoms with E-state index in [-0.39, 0.29) is 21.7 Å². The lowest BCUT2D eigenvalue weighted by Crippen LogP contribution is -2.05. The fraction of sp³-hybridized carbons (Fsp3) is 0.0625. The van der Waals surface area contributed by atoms with Crippen LogP contribution in [-0.4, -0.2) is 4.98 Å². The fourth-order valence-corrected chi connectivity index (χ4v) is 2.52. The van der Waals surface area contributed by atoms with Gasteiger partial charge in [-0.2, -0.15) is 13.2 Å². The molecule has 3 rings (SSSR count). The van der Waals surface area contributed by atoms with Gasteiger partial charge in [0.15, 0.2) is 5.75 Å². The first kappa shape index (κ1) is 16.7. The predicted octanol–water partition coefficient (Wildman–Crippen LogP) is 6.46. The number of hydrogen-bond acceptors (Lipinski definition) is 3. The molecule has 0 amide bonds. The van der Waals surface area contributed by atoms with E-state index in [0.717, 1.165) is 12.1 Å². The second-order valence-electron chi connectivity index (χ2n) is 4.73. The summed E-state index contributed by atoms with van der Waals surface area (Å²) >= 11 is 12.3. The third kappa shape index (κ3) is 3.49. The van der Waals surface area contributed by atoms with Crippen LogP contribution in [-0.2, 0) is 6.18 Å². The Bertz CT molecular complexity index is 824. The van der Waals surface area contributed by atoms with E-state index in [1.165, 1.54) is 6.26 Å². The highest BCUT2D eigenvalue weighted by Gasteiger charge is 2.30. The number of nitrogens with zero attached hydrogens (tertiary/aromatic N) is 1. The maximum absolute atomic E-state index is 12.5. The molecule has 3 nitrogen and oxygen atoms in total. The average Bonchev–Trinajstić information content (AvgIpc) is 3.04. The summed E-state index contributed by atoms with van der Waals surface area (Å²) in [6.45, 7) is 0. The lowest BCUT2D eigenvalue weighted by atomic mass is 10.1. The molecule has 8 heteroatoms. The highest BCUT2D eigenvalue weighted by molar-refractivity contribution is 6.37. The van der Waals surface area contributed by atoms with Crippen LogP contribution < -0.4 is 4.74 Å². The van der Waals surface area contributed by atoms with E-state index < -0.39 is 11.7 Å². The first-order valence-electron chi connectivity index (χ1n) is 6.58. The normalized spacial score (nSPS) is 11.5. The molecule has 0 saturated heterocycles. The van der Waals surface area contributed by atoms with Gasteiger partial charge in [0.05, 0.1) is 21.9 Å². The van der Waals surface area contributed by atoms with Gasteiger partial charge >= 0.3 is 6.18 Å². The van der Waals surface area contributed by atoms with E-state index in [4.69, 9.17) is 32.4 Å². The zero-order valence-corrected chi connectivity index (χ0v) is 13.3. The van der Waals surface area contributed by atoms with E-state index in [0.29, 0.717) is 17.5 Å². The van der Waals surface area contributed by atoms with Gasteiger partial charge < -0.3 is 9.15 Å². The van der Waals surface area contributed by atoms with Crippen LogP contribution in [0.5, 0.6) is 11.6 Å². The molecule has 1 aromatic carbocycles. The third-order valence-electron chi connectivity index (χ3n) is 3.07. The number of hydrogen-bond donors (Lipinski definition) is 0. The molecule has 0 unspecified atom stereocenters. The van der Waals surface area contributed by atoms with E-state index in [2.05, 4.69) is 4.98 Å². The van der Waals surface area contributed by atoms with Crippen molar-refractivity contribution in [1.82, 2.24) is 4.98 Å². The van der Waals surface area contributed by atoms with Gasteiger partial charge in [-0.15, -0.1) is 0 Å². The van der Waals surface area contributed by atoms with Crippen molar-refractivity contribution in [1.29, 1.82) is 0 Å². The summed E-state index contributed by atoms with van der Waals surface area (Å²) in [6, 6.07) is 8.56. The lowest BCUT2D eigenvalue weighted by molar-refractivity contribution is -0.137. The molecule has 0 N–H and O–H groups in total. The number of halogens is 5. The van der Waals surface area contributed by atoms with Crippen molar-refractivity contribution in [3.8, 4) is 23.0 Å². The Hall–Kier alpha value is -2.18. The Morgan fingerprint density at radius 3 is 2.25 bits per heavy atom.